The lowest BCUT2D eigenvalue weighted by atomic mass is 9.93. The molecule has 0 radical (unpaired) electrons. The van der Waals surface area contributed by atoms with Crippen molar-refractivity contribution >= 4 is 5.78 Å². The molecule has 3 heteroatoms. The highest BCUT2D eigenvalue weighted by atomic mass is 16.1. The van der Waals surface area contributed by atoms with Gasteiger partial charge in [-0.25, -0.2) is 0 Å². The summed E-state index contributed by atoms with van der Waals surface area (Å²) in [4.78, 5) is 15.7. The van der Waals surface area contributed by atoms with Gasteiger partial charge in [0.25, 0.3) is 0 Å². The maximum absolute atomic E-state index is 11.8. The van der Waals surface area contributed by atoms with Gasteiger partial charge in [0.2, 0.25) is 0 Å². The number of nitrogens with zero attached hydrogens (tertiary/aromatic N) is 1. The molecular formula is C11H16N2O. The number of ketones is 1. The van der Waals surface area contributed by atoms with Crippen LogP contribution in [0.3, 0.4) is 0 Å². The Morgan fingerprint density at radius 1 is 1.64 bits per heavy atom. The molecular weight excluding hydrogens is 176 g/mol. The molecule has 2 N–H and O–H groups in total. The number of pyridine rings is 1. The molecule has 0 spiro atoms. The first-order valence-electron chi connectivity index (χ1n) is 4.86. The zero-order valence-electron chi connectivity index (χ0n) is 8.60. The van der Waals surface area contributed by atoms with E-state index in [0.717, 1.165) is 6.42 Å². The summed E-state index contributed by atoms with van der Waals surface area (Å²) in [6, 6.07) is 3.08. The van der Waals surface area contributed by atoms with E-state index in [2.05, 4.69) is 4.98 Å². The number of carbonyl (C=O) groups is 1. The van der Waals surface area contributed by atoms with E-state index in [-0.39, 0.29) is 11.7 Å². The molecule has 76 valence electrons. The lowest BCUT2D eigenvalue weighted by Gasteiger charge is -2.16. The highest BCUT2D eigenvalue weighted by Gasteiger charge is 2.20. The van der Waals surface area contributed by atoms with E-state index in [4.69, 9.17) is 5.73 Å². The number of rotatable bonds is 4. The minimum Gasteiger partial charge on any atom is -0.321 e. The third kappa shape index (κ3) is 2.39. The lowest BCUT2D eigenvalue weighted by Crippen LogP contribution is -2.36. The van der Waals surface area contributed by atoms with Crippen molar-refractivity contribution in [3.05, 3.63) is 30.1 Å². The van der Waals surface area contributed by atoms with E-state index < -0.39 is 6.04 Å². The molecule has 0 saturated heterocycles. The van der Waals surface area contributed by atoms with Crippen molar-refractivity contribution in [2.45, 2.75) is 26.3 Å². The lowest BCUT2D eigenvalue weighted by molar-refractivity contribution is 0.0934. The van der Waals surface area contributed by atoms with Crippen LogP contribution in [-0.4, -0.2) is 16.8 Å². The second kappa shape index (κ2) is 4.86. The summed E-state index contributed by atoms with van der Waals surface area (Å²) in [5, 5.41) is 0. The zero-order chi connectivity index (χ0) is 10.6. The Hall–Kier alpha value is -1.22. The summed E-state index contributed by atoms with van der Waals surface area (Å²) in [7, 11) is 0. The van der Waals surface area contributed by atoms with Crippen LogP contribution in [0.4, 0.5) is 0 Å². The van der Waals surface area contributed by atoms with Crippen molar-refractivity contribution in [1.29, 1.82) is 0 Å². The Balaban J connectivity index is 2.76. The predicted molar refractivity (Wildman–Crippen MR) is 56.0 cm³/mol. The number of aromatic nitrogens is 1. The van der Waals surface area contributed by atoms with Crippen LogP contribution in [0.5, 0.6) is 0 Å². The highest BCUT2D eigenvalue weighted by molar-refractivity contribution is 5.99. The van der Waals surface area contributed by atoms with Crippen LogP contribution in [0.1, 0.15) is 30.6 Å². The van der Waals surface area contributed by atoms with E-state index in [0.29, 0.717) is 5.56 Å². The van der Waals surface area contributed by atoms with Gasteiger partial charge in [-0.2, -0.15) is 0 Å². The van der Waals surface area contributed by atoms with Crippen molar-refractivity contribution in [2.75, 3.05) is 0 Å². The molecule has 0 aliphatic carbocycles. The van der Waals surface area contributed by atoms with Crippen LogP contribution < -0.4 is 5.73 Å². The largest absolute Gasteiger partial charge is 0.321 e. The van der Waals surface area contributed by atoms with Gasteiger partial charge in [-0.15, -0.1) is 0 Å². The van der Waals surface area contributed by atoms with Crippen LogP contribution in [0.15, 0.2) is 24.5 Å². The molecule has 1 aromatic rings. The second-order valence-electron chi connectivity index (χ2n) is 3.52. The summed E-state index contributed by atoms with van der Waals surface area (Å²) in [6.45, 7) is 4.01. The monoisotopic (exact) mass is 192 g/mol. The number of nitrogens with two attached hydrogens (primary N) is 1. The van der Waals surface area contributed by atoms with Crippen LogP contribution in [0.2, 0.25) is 0 Å². The number of hydrogen-bond acceptors (Lipinski definition) is 3. The maximum atomic E-state index is 11.8. The summed E-state index contributed by atoms with van der Waals surface area (Å²) in [5.74, 6) is 0.190. The van der Waals surface area contributed by atoms with Crippen molar-refractivity contribution in [3.63, 3.8) is 0 Å². The molecule has 0 aliphatic heterocycles. The Morgan fingerprint density at radius 3 is 2.86 bits per heavy atom. The van der Waals surface area contributed by atoms with E-state index in [9.17, 15) is 4.79 Å². The molecule has 0 aliphatic rings. The molecule has 0 amide bonds. The first-order chi connectivity index (χ1) is 6.66. The molecule has 0 fully saturated rings. The number of carbonyl (C=O) groups excluding carboxylic acids is 1. The van der Waals surface area contributed by atoms with E-state index in [1.807, 2.05) is 13.8 Å². The van der Waals surface area contributed by atoms with Crippen LogP contribution in [0.25, 0.3) is 0 Å². The Morgan fingerprint density at radius 2 is 2.36 bits per heavy atom. The third-order valence-corrected chi connectivity index (χ3v) is 2.51. The van der Waals surface area contributed by atoms with Gasteiger partial charge in [-0.3, -0.25) is 9.78 Å². The molecule has 0 bridgehead atoms. The average Bonchev–Trinajstić information content (AvgIpc) is 2.27. The summed E-state index contributed by atoms with van der Waals surface area (Å²) < 4.78 is 0. The molecule has 2 unspecified atom stereocenters. The van der Waals surface area contributed by atoms with Crippen LogP contribution >= 0.6 is 0 Å². The van der Waals surface area contributed by atoms with Crippen molar-refractivity contribution < 1.29 is 4.79 Å². The van der Waals surface area contributed by atoms with Crippen LogP contribution in [-0.2, 0) is 0 Å². The highest BCUT2D eigenvalue weighted by Crippen LogP contribution is 2.10. The summed E-state index contributed by atoms with van der Waals surface area (Å²) >= 11 is 0. The van der Waals surface area contributed by atoms with Gasteiger partial charge in [0, 0.05) is 18.0 Å². The average molecular weight is 192 g/mol. The quantitative estimate of drug-likeness (QED) is 0.738. The first-order valence-corrected chi connectivity index (χ1v) is 4.86. The second-order valence-corrected chi connectivity index (χ2v) is 3.52. The topological polar surface area (TPSA) is 56.0 Å². The standard InChI is InChI=1S/C11H16N2O/c1-3-8(2)10(12)11(14)9-5-4-6-13-7-9/h4-8,10H,3,12H2,1-2H3. The fraction of sp³-hybridized carbons (Fsp3) is 0.455. The fourth-order valence-electron chi connectivity index (χ4n) is 1.21. The predicted octanol–water partition coefficient (Wildman–Crippen LogP) is 1.64. The normalized spacial score (nSPS) is 14.8. The van der Waals surface area contributed by atoms with Gasteiger partial charge in [0.05, 0.1) is 6.04 Å². The van der Waals surface area contributed by atoms with E-state index in [1.165, 1.54) is 0 Å². The molecule has 1 heterocycles. The van der Waals surface area contributed by atoms with Gasteiger partial charge in [-0.1, -0.05) is 20.3 Å². The Labute approximate surface area is 84.3 Å². The number of Topliss-reactive ketones (excluding diaryl/α,β-unsaturated/α-hetero) is 1. The van der Waals surface area contributed by atoms with Gasteiger partial charge < -0.3 is 5.73 Å². The van der Waals surface area contributed by atoms with Crippen molar-refractivity contribution in [1.82, 2.24) is 4.98 Å². The smallest absolute Gasteiger partial charge is 0.181 e. The molecule has 3 nitrogen and oxygen atoms in total. The molecule has 2 atom stereocenters. The molecule has 0 aromatic carbocycles. The Kier molecular flexibility index (Phi) is 3.77. The Bertz CT molecular complexity index is 297. The van der Waals surface area contributed by atoms with Gasteiger partial charge in [0.1, 0.15) is 0 Å². The van der Waals surface area contributed by atoms with Gasteiger partial charge >= 0.3 is 0 Å². The molecule has 0 saturated carbocycles. The van der Waals surface area contributed by atoms with Gasteiger partial charge in [-0.05, 0) is 18.1 Å². The minimum absolute atomic E-state index is 0.0209. The fourth-order valence-corrected chi connectivity index (χ4v) is 1.21. The minimum atomic E-state index is -0.413. The van der Waals surface area contributed by atoms with Gasteiger partial charge in [0.15, 0.2) is 5.78 Å². The molecule has 14 heavy (non-hydrogen) atoms. The maximum Gasteiger partial charge on any atom is 0.181 e. The van der Waals surface area contributed by atoms with Crippen molar-refractivity contribution in [3.8, 4) is 0 Å². The van der Waals surface area contributed by atoms with Crippen molar-refractivity contribution in [2.24, 2.45) is 11.7 Å². The van der Waals surface area contributed by atoms with Crippen LogP contribution in [0, 0.1) is 5.92 Å². The third-order valence-electron chi connectivity index (χ3n) is 2.51. The zero-order valence-corrected chi connectivity index (χ0v) is 8.60. The van der Waals surface area contributed by atoms with E-state index in [1.54, 1.807) is 24.5 Å². The summed E-state index contributed by atoms with van der Waals surface area (Å²) in [6.07, 6.45) is 4.11. The number of hydrogen-bond donors (Lipinski definition) is 1. The summed E-state index contributed by atoms with van der Waals surface area (Å²) in [5.41, 5.74) is 6.42. The SMILES string of the molecule is CCC(C)C(N)C(=O)c1cccnc1. The molecule has 1 aromatic heterocycles. The molecule has 1 rings (SSSR count). The first kappa shape index (κ1) is 10.9. The van der Waals surface area contributed by atoms with E-state index >= 15 is 0 Å².